The van der Waals surface area contributed by atoms with Gasteiger partial charge in [-0.3, -0.25) is 9.78 Å². The molecule has 3 rings (SSSR count). The Labute approximate surface area is 144 Å². The van der Waals surface area contributed by atoms with Gasteiger partial charge in [-0.15, -0.1) is 0 Å². The highest BCUT2D eigenvalue weighted by Gasteiger charge is 2.29. The fourth-order valence-electron chi connectivity index (χ4n) is 3.72. The maximum atomic E-state index is 12.0. The number of amides is 1. The van der Waals surface area contributed by atoms with E-state index in [1.807, 2.05) is 24.1 Å². The van der Waals surface area contributed by atoms with Crippen LogP contribution in [0.15, 0.2) is 36.5 Å². The molecule has 0 spiro atoms. The number of likely N-dealkylation sites (tertiary alicyclic amines) is 1. The van der Waals surface area contributed by atoms with Gasteiger partial charge in [0.1, 0.15) is 0 Å². The van der Waals surface area contributed by atoms with Crippen LogP contribution in [0.4, 0.5) is 0 Å². The van der Waals surface area contributed by atoms with E-state index < -0.39 is 0 Å². The van der Waals surface area contributed by atoms with E-state index in [-0.39, 0.29) is 5.91 Å². The molecule has 1 amide bonds. The summed E-state index contributed by atoms with van der Waals surface area (Å²) < 4.78 is 0. The summed E-state index contributed by atoms with van der Waals surface area (Å²) in [5, 5.41) is 4.92. The summed E-state index contributed by atoms with van der Waals surface area (Å²) in [6.07, 6.45) is 4.59. The molecule has 1 aliphatic rings. The van der Waals surface area contributed by atoms with Crippen molar-refractivity contribution >= 4 is 16.8 Å². The molecule has 2 heterocycles. The van der Waals surface area contributed by atoms with E-state index in [4.69, 9.17) is 0 Å². The number of fused-ring (bicyclic) bond motifs is 1. The third-order valence-electron chi connectivity index (χ3n) is 5.18. The Kier molecular flexibility index (Phi) is 5.46. The molecule has 1 fully saturated rings. The predicted molar refractivity (Wildman–Crippen MR) is 97.6 cm³/mol. The van der Waals surface area contributed by atoms with Crippen molar-refractivity contribution < 1.29 is 4.79 Å². The van der Waals surface area contributed by atoms with Gasteiger partial charge in [0.05, 0.1) is 5.52 Å². The van der Waals surface area contributed by atoms with Crippen LogP contribution in [0.5, 0.6) is 0 Å². The fraction of sp³-hybridized carbons (Fsp3) is 0.500. The van der Waals surface area contributed by atoms with Gasteiger partial charge in [0, 0.05) is 43.7 Å². The molecule has 24 heavy (non-hydrogen) atoms. The Balaban J connectivity index is 1.66. The number of para-hydroxylation sites is 1. The molecule has 2 unspecified atom stereocenters. The van der Waals surface area contributed by atoms with Crippen LogP contribution in [0.2, 0.25) is 0 Å². The molecule has 1 aliphatic heterocycles. The van der Waals surface area contributed by atoms with Crippen molar-refractivity contribution in [2.45, 2.75) is 45.7 Å². The molecule has 1 N–H and O–H groups in total. The van der Waals surface area contributed by atoms with Crippen molar-refractivity contribution in [3.8, 4) is 0 Å². The minimum Gasteiger partial charge on any atom is -0.342 e. The third kappa shape index (κ3) is 3.59. The summed E-state index contributed by atoms with van der Waals surface area (Å²) in [5.74, 6) is 0.808. The topological polar surface area (TPSA) is 45.2 Å². The van der Waals surface area contributed by atoms with Gasteiger partial charge >= 0.3 is 0 Å². The van der Waals surface area contributed by atoms with Gasteiger partial charge in [-0.25, -0.2) is 0 Å². The van der Waals surface area contributed by atoms with Crippen molar-refractivity contribution in [1.29, 1.82) is 0 Å². The number of hydrogen-bond acceptors (Lipinski definition) is 3. The summed E-state index contributed by atoms with van der Waals surface area (Å²) >= 11 is 0. The average molecular weight is 325 g/mol. The second-order valence-electron chi connectivity index (χ2n) is 6.63. The lowest BCUT2D eigenvalue weighted by Gasteiger charge is -2.39. The van der Waals surface area contributed by atoms with E-state index in [1.165, 1.54) is 10.9 Å². The van der Waals surface area contributed by atoms with Crippen LogP contribution in [0.25, 0.3) is 10.9 Å². The zero-order valence-electron chi connectivity index (χ0n) is 14.7. The standard InChI is InChI=1S/C20H27N3O/c1-3-15-14-23(19(24)4-2)12-10-18(15)22-13-17-8-5-7-16-9-6-11-21-20(16)17/h5-9,11,15,18,22H,3-4,10,12-14H2,1-2H3. The maximum Gasteiger partial charge on any atom is 0.222 e. The van der Waals surface area contributed by atoms with Crippen molar-refractivity contribution in [2.75, 3.05) is 13.1 Å². The number of carbonyl (C=O) groups is 1. The SMILES string of the molecule is CCC(=O)N1CCC(NCc2cccc3cccnc23)C(CC)C1. The quantitative estimate of drug-likeness (QED) is 0.917. The van der Waals surface area contributed by atoms with Crippen LogP contribution >= 0.6 is 0 Å². The lowest BCUT2D eigenvalue weighted by atomic mass is 9.89. The van der Waals surface area contributed by atoms with Gasteiger partial charge in [-0.05, 0) is 24.0 Å². The van der Waals surface area contributed by atoms with Crippen LogP contribution in [0.3, 0.4) is 0 Å². The van der Waals surface area contributed by atoms with Crippen LogP contribution in [0.1, 0.15) is 38.7 Å². The Hall–Kier alpha value is -1.94. The molecule has 4 heteroatoms. The summed E-state index contributed by atoms with van der Waals surface area (Å²) in [4.78, 5) is 18.5. The molecule has 128 valence electrons. The Bertz CT molecular complexity index is 695. The van der Waals surface area contributed by atoms with Crippen molar-refractivity contribution in [3.63, 3.8) is 0 Å². The van der Waals surface area contributed by atoms with Crippen LogP contribution in [0, 0.1) is 5.92 Å². The van der Waals surface area contributed by atoms with Gasteiger partial charge in [0.2, 0.25) is 5.91 Å². The normalized spacial score (nSPS) is 21.2. The van der Waals surface area contributed by atoms with E-state index in [0.717, 1.165) is 38.0 Å². The predicted octanol–water partition coefficient (Wildman–Crippen LogP) is 3.36. The monoisotopic (exact) mass is 325 g/mol. The second kappa shape index (κ2) is 7.75. The molecule has 1 aromatic heterocycles. The van der Waals surface area contributed by atoms with E-state index >= 15 is 0 Å². The molecule has 1 saturated heterocycles. The molecule has 2 aromatic rings. The number of benzene rings is 1. The molecule has 0 bridgehead atoms. The van der Waals surface area contributed by atoms with E-state index in [0.29, 0.717) is 18.4 Å². The zero-order chi connectivity index (χ0) is 16.9. The number of piperidine rings is 1. The molecular weight excluding hydrogens is 298 g/mol. The van der Waals surface area contributed by atoms with Gasteiger partial charge in [-0.1, -0.05) is 44.5 Å². The first-order valence-corrected chi connectivity index (χ1v) is 9.06. The number of rotatable bonds is 5. The molecule has 0 radical (unpaired) electrons. The van der Waals surface area contributed by atoms with Crippen LogP contribution in [-0.4, -0.2) is 34.9 Å². The number of pyridine rings is 1. The molecule has 1 aromatic carbocycles. The first-order chi connectivity index (χ1) is 11.7. The highest BCUT2D eigenvalue weighted by Crippen LogP contribution is 2.22. The number of carbonyl (C=O) groups excluding carboxylic acids is 1. The molecule has 0 aliphatic carbocycles. The smallest absolute Gasteiger partial charge is 0.222 e. The minimum absolute atomic E-state index is 0.283. The van der Waals surface area contributed by atoms with Gasteiger partial charge in [0.25, 0.3) is 0 Å². The Morgan fingerprint density at radius 3 is 2.92 bits per heavy atom. The van der Waals surface area contributed by atoms with Crippen molar-refractivity contribution in [2.24, 2.45) is 5.92 Å². The lowest BCUT2D eigenvalue weighted by Crippen LogP contribution is -2.50. The number of aromatic nitrogens is 1. The highest BCUT2D eigenvalue weighted by atomic mass is 16.2. The summed E-state index contributed by atoms with van der Waals surface area (Å²) in [6, 6.07) is 10.9. The first kappa shape index (κ1) is 16.9. The fourth-order valence-corrected chi connectivity index (χ4v) is 3.72. The summed E-state index contributed by atoms with van der Waals surface area (Å²) in [7, 11) is 0. The van der Waals surface area contributed by atoms with Gasteiger partial charge in [-0.2, -0.15) is 0 Å². The van der Waals surface area contributed by atoms with Gasteiger partial charge < -0.3 is 10.2 Å². The first-order valence-electron chi connectivity index (χ1n) is 9.06. The zero-order valence-corrected chi connectivity index (χ0v) is 14.7. The van der Waals surface area contributed by atoms with Crippen LogP contribution in [-0.2, 0) is 11.3 Å². The van der Waals surface area contributed by atoms with Crippen LogP contribution < -0.4 is 5.32 Å². The highest BCUT2D eigenvalue weighted by molar-refractivity contribution is 5.81. The molecule has 2 atom stereocenters. The average Bonchev–Trinajstić information content (AvgIpc) is 2.65. The Morgan fingerprint density at radius 2 is 2.12 bits per heavy atom. The summed E-state index contributed by atoms with van der Waals surface area (Å²) in [6.45, 7) is 6.75. The molecular formula is C20H27N3O. The minimum atomic E-state index is 0.283. The third-order valence-corrected chi connectivity index (χ3v) is 5.18. The maximum absolute atomic E-state index is 12.0. The number of nitrogens with one attached hydrogen (secondary N) is 1. The molecule has 4 nitrogen and oxygen atoms in total. The number of hydrogen-bond donors (Lipinski definition) is 1. The second-order valence-corrected chi connectivity index (χ2v) is 6.63. The molecule has 0 saturated carbocycles. The van der Waals surface area contributed by atoms with Crippen molar-refractivity contribution in [1.82, 2.24) is 15.2 Å². The van der Waals surface area contributed by atoms with Gasteiger partial charge in [0.15, 0.2) is 0 Å². The largest absolute Gasteiger partial charge is 0.342 e. The summed E-state index contributed by atoms with van der Waals surface area (Å²) in [5.41, 5.74) is 2.33. The van der Waals surface area contributed by atoms with E-state index in [2.05, 4.69) is 41.5 Å². The Morgan fingerprint density at radius 1 is 1.29 bits per heavy atom. The number of nitrogens with zero attached hydrogens (tertiary/aromatic N) is 2. The van der Waals surface area contributed by atoms with Crippen molar-refractivity contribution in [3.05, 3.63) is 42.1 Å². The van der Waals surface area contributed by atoms with E-state index in [1.54, 1.807) is 0 Å². The van der Waals surface area contributed by atoms with E-state index in [9.17, 15) is 4.79 Å². The lowest BCUT2D eigenvalue weighted by molar-refractivity contribution is -0.133.